The number of aromatic nitrogens is 3. The van der Waals surface area contributed by atoms with Crippen LogP contribution < -0.4 is 5.69 Å². The first-order chi connectivity index (χ1) is 8.16. The normalized spacial score (nSPS) is 23.4. The van der Waals surface area contributed by atoms with Gasteiger partial charge in [-0.1, -0.05) is 0 Å². The summed E-state index contributed by atoms with van der Waals surface area (Å²) >= 11 is 0. The topological polar surface area (TPSA) is 77.1 Å². The van der Waals surface area contributed by atoms with Gasteiger partial charge < -0.3 is 5.11 Å². The maximum absolute atomic E-state index is 12.1. The number of hydrogen-bond donors (Lipinski definition) is 1. The van der Waals surface area contributed by atoms with Crippen LogP contribution in [0.25, 0.3) is 0 Å². The van der Waals surface area contributed by atoms with Gasteiger partial charge in [0.15, 0.2) is 0 Å². The summed E-state index contributed by atoms with van der Waals surface area (Å²) in [5, 5.41) is 13.4. The molecule has 1 aliphatic heterocycles. The molecule has 0 unspecified atom stereocenters. The van der Waals surface area contributed by atoms with Crippen molar-refractivity contribution in [3.05, 3.63) is 16.3 Å². The molecule has 2 aliphatic rings. The molecule has 1 N–H and O–H groups in total. The van der Waals surface area contributed by atoms with Crippen LogP contribution in [0.15, 0.2) is 4.79 Å². The third-order valence-electron chi connectivity index (χ3n) is 3.54. The highest BCUT2D eigenvalue weighted by molar-refractivity contribution is 5.72. The Morgan fingerprint density at radius 1 is 1.41 bits per heavy atom. The molecule has 92 valence electrons. The van der Waals surface area contributed by atoms with E-state index in [1.807, 2.05) is 0 Å². The van der Waals surface area contributed by atoms with E-state index in [0.29, 0.717) is 31.1 Å². The number of carbonyl (C=O) groups is 1. The number of hydrogen-bond acceptors (Lipinski definition) is 3. The second kappa shape index (κ2) is 3.72. The van der Waals surface area contributed by atoms with Crippen molar-refractivity contribution >= 4 is 5.97 Å². The van der Waals surface area contributed by atoms with E-state index in [1.54, 1.807) is 0 Å². The largest absolute Gasteiger partial charge is 0.480 e. The van der Waals surface area contributed by atoms with Crippen molar-refractivity contribution in [2.45, 2.75) is 44.7 Å². The van der Waals surface area contributed by atoms with Gasteiger partial charge in [-0.15, -0.1) is 0 Å². The van der Waals surface area contributed by atoms with Gasteiger partial charge in [-0.2, -0.15) is 5.10 Å². The lowest BCUT2D eigenvalue weighted by Crippen LogP contribution is -2.34. The van der Waals surface area contributed by atoms with Crippen LogP contribution in [-0.4, -0.2) is 25.4 Å². The molecule has 1 saturated carbocycles. The van der Waals surface area contributed by atoms with Crippen molar-refractivity contribution in [2.24, 2.45) is 5.92 Å². The molecule has 0 radical (unpaired) electrons. The standard InChI is InChI=1S/C11H15N3O3/c15-10(16)8-2-1-3-9-12-13(6-7-4-5-7)11(17)14(8)9/h7-8H,1-6H2,(H,15,16)/t8-/m0/s1. The van der Waals surface area contributed by atoms with Gasteiger partial charge in [-0.05, 0) is 31.6 Å². The summed E-state index contributed by atoms with van der Waals surface area (Å²) < 4.78 is 2.82. The van der Waals surface area contributed by atoms with Crippen molar-refractivity contribution in [2.75, 3.05) is 0 Å². The van der Waals surface area contributed by atoms with Gasteiger partial charge >= 0.3 is 11.7 Å². The summed E-state index contributed by atoms with van der Waals surface area (Å²) in [4.78, 5) is 23.2. The molecular formula is C11H15N3O3. The molecule has 3 rings (SSSR count). The lowest BCUT2D eigenvalue weighted by atomic mass is 10.1. The van der Waals surface area contributed by atoms with Crippen LogP contribution in [-0.2, 0) is 17.8 Å². The van der Waals surface area contributed by atoms with E-state index in [0.717, 1.165) is 19.3 Å². The summed E-state index contributed by atoms with van der Waals surface area (Å²) in [5.74, 6) is 0.265. The summed E-state index contributed by atoms with van der Waals surface area (Å²) in [5.41, 5.74) is -0.251. The van der Waals surface area contributed by atoms with E-state index < -0.39 is 12.0 Å². The molecule has 0 aromatic carbocycles. The van der Waals surface area contributed by atoms with Crippen molar-refractivity contribution in [1.82, 2.24) is 14.3 Å². The molecule has 1 aromatic rings. The number of rotatable bonds is 3. The highest BCUT2D eigenvalue weighted by Crippen LogP contribution is 2.30. The molecule has 6 heteroatoms. The molecule has 0 amide bonds. The zero-order valence-corrected chi connectivity index (χ0v) is 9.50. The van der Waals surface area contributed by atoms with Crippen LogP contribution >= 0.6 is 0 Å². The lowest BCUT2D eigenvalue weighted by Gasteiger charge is -2.19. The van der Waals surface area contributed by atoms with Crippen LogP contribution in [0.1, 0.15) is 37.5 Å². The van der Waals surface area contributed by atoms with E-state index in [-0.39, 0.29) is 5.69 Å². The zero-order valence-electron chi connectivity index (χ0n) is 9.50. The van der Waals surface area contributed by atoms with Crippen molar-refractivity contribution in [3.63, 3.8) is 0 Å². The second-order valence-corrected chi connectivity index (χ2v) is 4.94. The van der Waals surface area contributed by atoms with Crippen molar-refractivity contribution in [1.29, 1.82) is 0 Å². The molecule has 1 aromatic heterocycles. The molecule has 1 atom stereocenters. The fourth-order valence-electron chi connectivity index (χ4n) is 2.43. The molecule has 0 spiro atoms. The Kier molecular flexibility index (Phi) is 2.31. The van der Waals surface area contributed by atoms with Crippen LogP contribution in [0.3, 0.4) is 0 Å². The van der Waals surface area contributed by atoms with Gasteiger partial charge in [0, 0.05) is 13.0 Å². The molecule has 0 bridgehead atoms. The van der Waals surface area contributed by atoms with Crippen LogP contribution in [0, 0.1) is 5.92 Å². The highest BCUT2D eigenvalue weighted by atomic mass is 16.4. The first-order valence-corrected chi connectivity index (χ1v) is 6.08. The Bertz CT molecular complexity index is 513. The quantitative estimate of drug-likeness (QED) is 0.826. The highest BCUT2D eigenvalue weighted by Gasteiger charge is 2.31. The Morgan fingerprint density at radius 2 is 2.18 bits per heavy atom. The summed E-state index contributed by atoms with van der Waals surface area (Å²) in [6.07, 6.45) is 4.32. The summed E-state index contributed by atoms with van der Waals surface area (Å²) in [6.45, 7) is 0.644. The lowest BCUT2D eigenvalue weighted by molar-refractivity contribution is -0.141. The fraction of sp³-hybridized carbons (Fsp3) is 0.727. The van der Waals surface area contributed by atoms with E-state index in [4.69, 9.17) is 5.11 Å². The second-order valence-electron chi connectivity index (χ2n) is 4.94. The third-order valence-corrected chi connectivity index (χ3v) is 3.54. The van der Waals surface area contributed by atoms with Crippen molar-refractivity contribution < 1.29 is 9.90 Å². The Balaban J connectivity index is 2.00. The predicted molar refractivity (Wildman–Crippen MR) is 58.8 cm³/mol. The van der Waals surface area contributed by atoms with Gasteiger partial charge in [0.05, 0.1) is 0 Å². The molecule has 1 fully saturated rings. The molecular weight excluding hydrogens is 222 g/mol. The van der Waals surface area contributed by atoms with E-state index in [2.05, 4.69) is 5.10 Å². The number of aryl methyl sites for hydroxylation is 1. The minimum absolute atomic E-state index is 0.251. The molecule has 2 heterocycles. The maximum Gasteiger partial charge on any atom is 0.346 e. The van der Waals surface area contributed by atoms with E-state index in [9.17, 15) is 9.59 Å². The number of aliphatic carboxylic acids is 1. The van der Waals surface area contributed by atoms with Gasteiger partial charge in [0.2, 0.25) is 0 Å². The Hall–Kier alpha value is -1.59. The molecule has 1 aliphatic carbocycles. The minimum Gasteiger partial charge on any atom is -0.480 e. The van der Waals surface area contributed by atoms with Crippen LogP contribution in [0.2, 0.25) is 0 Å². The average Bonchev–Trinajstić information content (AvgIpc) is 3.05. The zero-order chi connectivity index (χ0) is 12.0. The van der Waals surface area contributed by atoms with Gasteiger partial charge in [0.25, 0.3) is 0 Å². The smallest absolute Gasteiger partial charge is 0.346 e. The number of carboxylic acids is 1. The molecule has 0 saturated heterocycles. The SMILES string of the molecule is O=C(O)[C@@H]1CCCc2nn(CC3CC3)c(=O)n21. The van der Waals surface area contributed by atoms with Gasteiger partial charge in [-0.3, -0.25) is 4.57 Å². The monoisotopic (exact) mass is 237 g/mol. The minimum atomic E-state index is -0.931. The number of nitrogens with zero attached hydrogens (tertiary/aromatic N) is 3. The summed E-state index contributed by atoms with van der Waals surface area (Å²) in [7, 11) is 0. The van der Waals surface area contributed by atoms with E-state index in [1.165, 1.54) is 9.25 Å². The Morgan fingerprint density at radius 3 is 2.82 bits per heavy atom. The van der Waals surface area contributed by atoms with Gasteiger partial charge in [0.1, 0.15) is 11.9 Å². The number of carboxylic acid groups (broad SMARTS) is 1. The molecule has 17 heavy (non-hydrogen) atoms. The first-order valence-electron chi connectivity index (χ1n) is 6.08. The third kappa shape index (κ3) is 1.77. The summed E-state index contributed by atoms with van der Waals surface area (Å²) in [6, 6.07) is -0.723. The van der Waals surface area contributed by atoms with Gasteiger partial charge in [-0.25, -0.2) is 14.3 Å². The van der Waals surface area contributed by atoms with Crippen molar-refractivity contribution in [3.8, 4) is 0 Å². The van der Waals surface area contributed by atoms with Crippen LogP contribution in [0.5, 0.6) is 0 Å². The first kappa shape index (κ1) is 10.6. The van der Waals surface area contributed by atoms with Crippen LogP contribution in [0.4, 0.5) is 0 Å². The average molecular weight is 237 g/mol. The molecule has 6 nitrogen and oxygen atoms in total. The Labute approximate surface area is 97.9 Å². The number of fused-ring (bicyclic) bond motifs is 1. The predicted octanol–water partition coefficient (Wildman–Crippen LogP) is 0.417. The fourth-order valence-corrected chi connectivity index (χ4v) is 2.43. The maximum atomic E-state index is 12.1. The van der Waals surface area contributed by atoms with E-state index >= 15 is 0 Å².